The van der Waals surface area contributed by atoms with E-state index in [2.05, 4.69) is 19.2 Å². The van der Waals surface area contributed by atoms with Crippen LogP contribution in [-0.4, -0.2) is 39.5 Å². The molecule has 0 aromatic heterocycles. The van der Waals surface area contributed by atoms with E-state index in [9.17, 15) is 0 Å². The lowest BCUT2D eigenvalue weighted by atomic mass is 9.77. The quantitative estimate of drug-likeness (QED) is 0.647. The maximum absolute atomic E-state index is 5.75. The minimum Gasteiger partial charge on any atom is -0.383 e. The fourth-order valence-electron chi connectivity index (χ4n) is 2.51. The number of unbranched alkanes of at least 4 members (excludes halogenated alkanes) is 1. The fourth-order valence-corrected chi connectivity index (χ4v) is 2.51. The van der Waals surface area contributed by atoms with Gasteiger partial charge in [-0.3, -0.25) is 0 Å². The second kappa shape index (κ2) is 7.25. The number of rotatable bonds is 8. The Morgan fingerprint density at radius 1 is 1.50 bits per heavy atom. The maximum Gasteiger partial charge on any atom is 0.0616 e. The van der Waals surface area contributed by atoms with Gasteiger partial charge in [-0.05, 0) is 19.8 Å². The van der Waals surface area contributed by atoms with Crippen LogP contribution in [0.25, 0.3) is 0 Å². The average Bonchev–Trinajstić information content (AvgIpc) is 2.64. The zero-order valence-electron chi connectivity index (χ0n) is 11.1. The molecule has 0 spiro atoms. The lowest BCUT2D eigenvalue weighted by molar-refractivity contribution is 0.0562. The largest absolute Gasteiger partial charge is 0.383 e. The third kappa shape index (κ3) is 3.72. The highest BCUT2D eigenvalue weighted by Crippen LogP contribution is 2.39. The van der Waals surface area contributed by atoms with Crippen molar-refractivity contribution in [2.75, 3.05) is 33.4 Å². The van der Waals surface area contributed by atoms with Crippen LogP contribution < -0.4 is 5.32 Å². The summed E-state index contributed by atoms with van der Waals surface area (Å²) in [5, 5.41) is 3.50. The summed E-state index contributed by atoms with van der Waals surface area (Å²) < 4.78 is 10.8. The van der Waals surface area contributed by atoms with Crippen molar-refractivity contribution in [3.8, 4) is 0 Å². The molecule has 2 unspecified atom stereocenters. The SMILES string of the molecule is CCCCC1(CNCCOC)CCOC1C. The van der Waals surface area contributed by atoms with E-state index >= 15 is 0 Å². The first kappa shape index (κ1) is 13.9. The van der Waals surface area contributed by atoms with Gasteiger partial charge in [-0.1, -0.05) is 19.8 Å². The predicted molar refractivity (Wildman–Crippen MR) is 66.7 cm³/mol. The number of ether oxygens (including phenoxy) is 2. The van der Waals surface area contributed by atoms with E-state index in [0.717, 1.165) is 26.3 Å². The number of hydrogen-bond donors (Lipinski definition) is 1. The lowest BCUT2D eigenvalue weighted by Crippen LogP contribution is -2.40. The van der Waals surface area contributed by atoms with Crippen molar-refractivity contribution >= 4 is 0 Å². The zero-order chi connectivity index (χ0) is 11.9. The van der Waals surface area contributed by atoms with E-state index in [-0.39, 0.29) is 0 Å². The first-order valence-corrected chi connectivity index (χ1v) is 6.56. The summed E-state index contributed by atoms with van der Waals surface area (Å²) >= 11 is 0. The van der Waals surface area contributed by atoms with Gasteiger partial charge in [0.1, 0.15) is 0 Å². The number of nitrogens with one attached hydrogen (secondary N) is 1. The summed E-state index contributed by atoms with van der Waals surface area (Å²) in [5.74, 6) is 0. The molecular formula is C13H27NO2. The molecule has 1 heterocycles. The lowest BCUT2D eigenvalue weighted by Gasteiger charge is -2.32. The van der Waals surface area contributed by atoms with Gasteiger partial charge in [-0.2, -0.15) is 0 Å². The molecule has 0 radical (unpaired) electrons. The highest BCUT2D eigenvalue weighted by atomic mass is 16.5. The third-order valence-electron chi connectivity index (χ3n) is 3.82. The van der Waals surface area contributed by atoms with Crippen molar-refractivity contribution in [3.05, 3.63) is 0 Å². The smallest absolute Gasteiger partial charge is 0.0616 e. The van der Waals surface area contributed by atoms with Gasteiger partial charge in [-0.25, -0.2) is 0 Å². The average molecular weight is 229 g/mol. The Morgan fingerprint density at radius 2 is 2.31 bits per heavy atom. The van der Waals surface area contributed by atoms with Gasteiger partial charge < -0.3 is 14.8 Å². The summed E-state index contributed by atoms with van der Waals surface area (Å²) in [6.45, 7) is 8.21. The second-order valence-electron chi connectivity index (χ2n) is 4.90. The molecule has 0 saturated carbocycles. The summed E-state index contributed by atoms with van der Waals surface area (Å²) in [6, 6.07) is 0. The van der Waals surface area contributed by atoms with Gasteiger partial charge in [-0.15, -0.1) is 0 Å². The topological polar surface area (TPSA) is 30.5 Å². The summed E-state index contributed by atoms with van der Waals surface area (Å²) in [4.78, 5) is 0. The van der Waals surface area contributed by atoms with Gasteiger partial charge in [0.2, 0.25) is 0 Å². The first-order chi connectivity index (χ1) is 7.75. The van der Waals surface area contributed by atoms with Gasteiger partial charge in [0.25, 0.3) is 0 Å². The van der Waals surface area contributed by atoms with Crippen molar-refractivity contribution < 1.29 is 9.47 Å². The number of hydrogen-bond acceptors (Lipinski definition) is 3. The monoisotopic (exact) mass is 229 g/mol. The van der Waals surface area contributed by atoms with Crippen LogP contribution in [0.15, 0.2) is 0 Å². The van der Waals surface area contributed by atoms with Crippen LogP contribution in [0.4, 0.5) is 0 Å². The summed E-state index contributed by atoms with van der Waals surface area (Å²) in [7, 11) is 1.75. The maximum atomic E-state index is 5.75. The van der Waals surface area contributed by atoms with Crippen LogP contribution in [0, 0.1) is 5.41 Å². The zero-order valence-corrected chi connectivity index (χ0v) is 11.1. The minimum absolute atomic E-state index is 0.365. The van der Waals surface area contributed by atoms with Crippen molar-refractivity contribution in [1.82, 2.24) is 5.32 Å². The Morgan fingerprint density at radius 3 is 2.88 bits per heavy atom. The van der Waals surface area contributed by atoms with Crippen LogP contribution in [-0.2, 0) is 9.47 Å². The van der Waals surface area contributed by atoms with Crippen molar-refractivity contribution in [1.29, 1.82) is 0 Å². The molecule has 0 aromatic carbocycles. The molecule has 1 N–H and O–H groups in total. The van der Waals surface area contributed by atoms with Crippen molar-refractivity contribution in [2.45, 2.75) is 45.6 Å². The summed E-state index contributed by atoms with van der Waals surface area (Å²) in [6.07, 6.45) is 5.46. The standard InChI is InChI=1S/C13H27NO2/c1-4-5-6-13(7-9-16-12(13)2)11-14-8-10-15-3/h12,14H,4-11H2,1-3H3. The Bertz CT molecular complexity index is 187. The molecule has 3 nitrogen and oxygen atoms in total. The molecule has 0 aliphatic carbocycles. The highest BCUT2D eigenvalue weighted by molar-refractivity contribution is 4.91. The van der Waals surface area contributed by atoms with Crippen molar-refractivity contribution in [2.24, 2.45) is 5.41 Å². The molecular weight excluding hydrogens is 202 g/mol. The molecule has 96 valence electrons. The van der Waals surface area contributed by atoms with Crippen LogP contribution in [0.3, 0.4) is 0 Å². The Balaban J connectivity index is 2.37. The van der Waals surface area contributed by atoms with E-state index in [1.807, 2.05) is 0 Å². The molecule has 1 aliphatic rings. The van der Waals surface area contributed by atoms with Gasteiger partial charge >= 0.3 is 0 Å². The normalized spacial score (nSPS) is 29.8. The molecule has 0 aromatic rings. The van der Waals surface area contributed by atoms with Gasteiger partial charge in [0.15, 0.2) is 0 Å². The van der Waals surface area contributed by atoms with Crippen LogP contribution >= 0.6 is 0 Å². The van der Waals surface area contributed by atoms with E-state index < -0.39 is 0 Å². The van der Waals surface area contributed by atoms with E-state index in [4.69, 9.17) is 9.47 Å². The Hall–Kier alpha value is -0.120. The molecule has 16 heavy (non-hydrogen) atoms. The van der Waals surface area contributed by atoms with Crippen molar-refractivity contribution in [3.63, 3.8) is 0 Å². The number of methoxy groups -OCH3 is 1. The minimum atomic E-state index is 0.365. The van der Waals surface area contributed by atoms with Crippen LogP contribution in [0.1, 0.15) is 39.5 Å². The molecule has 2 atom stereocenters. The van der Waals surface area contributed by atoms with Gasteiger partial charge in [0, 0.05) is 32.2 Å². The molecule has 1 fully saturated rings. The Kier molecular flexibility index (Phi) is 6.32. The molecule has 0 amide bonds. The van der Waals surface area contributed by atoms with Crippen LogP contribution in [0.2, 0.25) is 0 Å². The molecule has 1 aliphatic heterocycles. The Labute approximate surface area is 99.9 Å². The molecule has 1 rings (SSSR count). The molecule has 3 heteroatoms. The van der Waals surface area contributed by atoms with Gasteiger partial charge in [0.05, 0.1) is 12.7 Å². The summed E-state index contributed by atoms with van der Waals surface area (Å²) in [5.41, 5.74) is 0.365. The predicted octanol–water partition coefficient (Wildman–Crippen LogP) is 2.21. The first-order valence-electron chi connectivity index (χ1n) is 6.56. The molecule has 0 bridgehead atoms. The third-order valence-corrected chi connectivity index (χ3v) is 3.82. The molecule has 1 saturated heterocycles. The fraction of sp³-hybridized carbons (Fsp3) is 1.00. The highest BCUT2D eigenvalue weighted by Gasteiger charge is 2.40. The second-order valence-corrected chi connectivity index (χ2v) is 4.90. The van der Waals surface area contributed by atoms with E-state index in [1.54, 1.807) is 7.11 Å². The van der Waals surface area contributed by atoms with E-state index in [0.29, 0.717) is 11.5 Å². The van der Waals surface area contributed by atoms with E-state index in [1.165, 1.54) is 25.7 Å². The van der Waals surface area contributed by atoms with Crippen LogP contribution in [0.5, 0.6) is 0 Å².